The summed E-state index contributed by atoms with van der Waals surface area (Å²) in [5.74, 6) is 0.485. The van der Waals surface area contributed by atoms with E-state index in [0.29, 0.717) is 6.61 Å². The van der Waals surface area contributed by atoms with Gasteiger partial charge in [-0.2, -0.15) is 0 Å². The lowest BCUT2D eigenvalue weighted by atomic mass is 10.2. The SMILES string of the molecule is CC(NCC1COC(C)(C)O1)c1cc2ccccc2o1. The lowest BCUT2D eigenvalue weighted by Gasteiger charge is -2.18. The molecule has 0 saturated carbocycles. The van der Waals surface area contributed by atoms with Crippen molar-refractivity contribution in [1.82, 2.24) is 5.32 Å². The second-order valence-electron chi connectivity index (χ2n) is 5.77. The number of hydrogen-bond donors (Lipinski definition) is 1. The maximum atomic E-state index is 5.85. The molecule has 1 aromatic carbocycles. The van der Waals surface area contributed by atoms with Crippen LogP contribution < -0.4 is 5.32 Å². The Kier molecular flexibility index (Phi) is 3.54. The molecule has 2 heterocycles. The highest BCUT2D eigenvalue weighted by atomic mass is 16.7. The number of benzene rings is 1. The van der Waals surface area contributed by atoms with Crippen LogP contribution in [0.25, 0.3) is 11.0 Å². The summed E-state index contributed by atoms with van der Waals surface area (Å²) in [7, 11) is 0. The molecule has 3 rings (SSSR count). The Bertz CT molecular complexity index is 557. The second kappa shape index (κ2) is 5.20. The molecule has 1 aliphatic heterocycles. The van der Waals surface area contributed by atoms with Crippen LogP contribution in [0.5, 0.6) is 0 Å². The molecular formula is C16H21NO3. The van der Waals surface area contributed by atoms with Crippen LogP contribution in [0, 0.1) is 0 Å². The largest absolute Gasteiger partial charge is 0.459 e. The zero-order valence-electron chi connectivity index (χ0n) is 12.2. The molecule has 4 nitrogen and oxygen atoms in total. The number of fused-ring (bicyclic) bond motifs is 1. The number of furan rings is 1. The zero-order chi connectivity index (χ0) is 14.2. The van der Waals surface area contributed by atoms with Gasteiger partial charge in [0.05, 0.1) is 18.8 Å². The Labute approximate surface area is 119 Å². The van der Waals surface area contributed by atoms with Gasteiger partial charge in [0, 0.05) is 11.9 Å². The lowest BCUT2D eigenvalue weighted by Crippen LogP contribution is -2.32. The summed E-state index contributed by atoms with van der Waals surface area (Å²) < 4.78 is 17.2. The Morgan fingerprint density at radius 1 is 1.35 bits per heavy atom. The maximum absolute atomic E-state index is 5.85. The molecule has 0 spiro atoms. The summed E-state index contributed by atoms with van der Waals surface area (Å²) in [6, 6.07) is 10.3. The van der Waals surface area contributed by atoms with Crippen molar-refractivity contribution in [1.29, 1.82) is 0 Å². The van der Waals surface area contributed by atoms with Crippen LogP contribution in [0.1, 0.15) is 32.6 Å². The second-order valence-corrected chi connectivity index (χ2v) is 5.77. The van der Waals surface area contributed by atoms with Crippen molar-refractivity contribution < 1.29 is 13.9 Å². The van der Waals surface area contributed by atoms with Crippen LogP contribution in [-0.4, -0.2) is 25.0 Å². The standard InChI is InChI=1S/C16H21NO3/c1-11(17-9-13-10-18-16(2,3)20-13)15-8-12-6-4-5-7-14(12)19-15/h4-8,11,13,17H,9-10H2,1-3H3. The number of rotatable bonds is 4. The fourth-order valence-corrected chi connectivity index (χ4v) is 2.49. The number of ether oxygens (including phenoxy) is 2. The van der Waals surface area contributed by atoms with E-state index in [9.17, 15) is 0 Å². The molecule has 0 aliphatic carbocycles. The highest BCUT2D eigenvalue weighted by Gasteiger charge is 2.32. The summed E-state index contributed by atoms with van der Waals surface area (Å²) in [6.07, 6.45) is 0.0943. The molecule has 1 saturated heterocycles. The van der Waals surface area contributed by atoms with E-state index >= 15 is 0 Å². The van der Waals surface area contributed by atoms with E-state index < -0.39 is 5.79 Å². The molecule has 1 fully saturated rings. The van der Waals surface area contributed by atoms with E-state index in [-0.39, 0.29) is 12.1 Å². The van der Waals surface area contributed by atoms with Crippen molar-refractivity contribution >= 4 is 11.0 Å². The maximum Gasteiger partial charge on any atom is 0.163 e. The highest BCUT2D eigenvalue weighted by molar-refractivity contribution is 5.77. The van der Waals surface area contributed by atoms with Crippen LogP contribution >= 0.6 is 0 Å². The summed E-state index contributed by atoms with van der Waals surface area (Å²) in [6.45, 7) is 7.36. The van der Waals surface area contributed by atoms with Gasteiger partial charge in [0.1, 0.15) is 11.3 Å². The van der Waals surface area contributed by atoms with Gasteiger partial charge in [0.15, 0.2) is 5.79 Å². The van der Waals surface area contributed by atoms with Gasteiger partial charge in [-0.3, -0.25) is 0 Å². The third-order valence-electron chi connectivity index (χ3n) is 3.59. The molecule has 108 valence electrons. The number of nitrogens with one attached hydrogen (secondary N) is 1. The molecule has 2 atom stereocenters. The van der Waals surface area contributed by atoms with E-state index in [1.165, 1.54) is 0 Å². The van der Waals surface area contributed by atoms with Crippen molar-refractivity contribution in [2.24, 2.45) is 0 Å². The van der Waals surface area contributed by atoms with Crippen LogP contribution in [0.2, 0.25) is 0 Å². The minimum Gasteiger partial charge on any atom is -0.459 e. The third kappa shape index (κ3) is 2.87. The van der Waals surface area contributed by atoms with Crippen molar-refractivity contribution in [3.63, 3.8) is 0 Å². The molecule has 1 aliphatic rings. The van der Waals surface area contributed by atoms with Gasteiger partial charge in [-0.25, -0.2) is 0 Å². The molecule has 2 aromatic rings. The van der Waals surface area contributed by atoms with Gasteiger partial charge in [-0.1, -0.05) is 18.2 Å². The first kappa shape index (κ1) is 13.6. The smallest absolute Gasteiger partial charge is 0.163 e. The van der Waals surface area contributed by atoms with E-state index in [1.54, 1.807) is 0 Å². The Balaban J connectivity index is 1.60. The molecule has 0 radical (unpaired) electrons. The van der Waals surface area contributed by atoms with Crippen LogP contribution in [-0.2, 0) is 9.47 Å². The first-order valence-corrected chi connectivity index (χ1v) is 7.07. The van der Waals surface area contributed by atoms with Gasteiger partial charge >= 0.3 is 0 Å². The van der Waals surface area contributed by atoms with Crippen molar-refractivity contribution in [3.05, 3.63) is 36.1 Å². The van der Waals surface area contributed by atoms with Crippen molar-refractivity contribution in [3.8, 4) is 0 Å². The summed E-state index contributed by atoms with van der Waals surface area (Å²) in [4.78, 5) is 0. The van der Waals surface area contributed by atoms with E-state index in [2.05, 4.69) is 24.4 Å². The van der Waals surface area contributed by atoms with Crippen LogP contribution in [0.15, 0.2) is 34.7 Å². The first-order chi connectivity index (χ1) is 9.53. The Morgan fingerprint density at radius 3 is 2.85 bits per heavy atom. The van der Waals surface area contributed by atoms with Gasteiger partial charge in [-0.05, 0) is 32.9 Å². The molecule has 0 amide bonds. The van der Waals surface area contributed by atoms with Crippen LogP contribution in [0.4, 0.5) is 0 Å². The average molecular weight is 275 g/mol. The topological polar surface area (TPSA) is 43.6 Å². The van der Waals surface area contributed by atoms with E-state index in [0.717, 1.165) is 23.3 Å². The molecule has 2 unspecified atom stereocenters. The lowest BCUT2D eigenvalue weighted by molar-refractivity contribution is -0.137. The van der Waals surface area contributed by atoms with Crippen molar-refractivity contribution in [2.45, 2.75) is 38.7 Å². The highest BCUT2D eigenvalue weighted by Crippen LogP contribution is 2.25. The molecular weight excluding hydrogens is 254 g/mol. The zero-order valence-corrected chi connectivity index (χ0v) is 12.2. The molecule has 0 bridgehead atoms. The number of para-hydroxylation sites is 1. The first-order valence-electron chi connectivity index (χ1n) is 7.07. The molecule has 1 aromatic heterocycles. The van der Waals surface area contributed by atoms with Gasteiger partial charge in [0.25, 0.3) is 0 Å². The summed E-state index contributed by atoms with van der Waals surface area (Å²) in [5, 5.41) is 4.58. The normalized spacial score (nSPS) is 23.2. The van der Waals surface area contributed by atoms with Crippen molar-refractivity contribution in [2.75, 3.05) is 13.2 Å². The van der Waals surface area contributed by atoms with E-state index in [4.69, 9.17) is 13.9 Å². The predicted octanol–water partition coefficient (Wildman–Crippen LogP) is 3.23. The Morgan fingerprint density at radius 2 is 2.15 bits per heavy atom. The molecule has 20 heavy (non-hydrogen) atoms. The molecule has 1 N–H and O–H groups in total. The van der Waals surface area contributed by atoms with Gasteiger partial charge in [0.2, 0.25) is 0 Å². The minimum absolute atomic E-state index is 0.0943. The van der Waals surface area contributed by atoms with Gasteiger partial charge in [-0.15, -0.1) is 0 Å². The van der Waals surface area contributed by atoms with E-state index in [1.807, 2.05) is 32.0 Å². The minimum atomic E-state index is -0.463. The molecule has 4 heteroatoms. The Hall–Kier alpha value is -1.36. The fraction of sp³-hybridized carbons (Fsp3) is 0.500. The predicted molar refractivity (Wildman–Crippen MR) is 77.5 cm³/mol. The number of hydrogen-bond acceptors (Lipinski definition) is 4. The average Bonchev–Trinajstić information content (AvgIpc) is 2.99. The van der Waals surface area contributed by atoms with Crippen LogP contribution in [0.3, 0.4) is 0 Å². The quantitative estimate of drug-likeness (QED) is 0.930. The summed E-state index contributed by atoms with van der Waals surface area (Å²) in [5.41, 5.74) is 0.928. The summed E-state index contributed by atoms with van der Waals surface area (Å²) >= 11 is 0. The monoisotopic (exact) mass is 275 g/mol. The fourth-order valence-electron chi connectivity index (χ4n) is 2.49. The van der Waals surface area contributed by atoms with Gasteiger partial charge < -0.3 is 19.2 Å². The third-order valence-corrected chi connectivity index (χ3v) is 3.59.